The predicted molar refractivity (Wildman–Crippen MR) is 76.6 cm³/mol. The van der Waals surface area contributed by atoms with Crippen LogP contribution in [0.25, 0.3) is 5.52 Å². The van der Waals surface area contributed by atoms with E-state index in [-0.39, 0.29) is 0 Å². The molecule has 0 spiro atoms. The lowest BCUT2D eigenvalue weighted by atomic mass is 10.0. The highest BCUT2D eigenvalue weighted by atomic mass is 79.9. The fraction of sp³-hybridized carbons (Fsp3) is 0.417. The molecule has 0 aliphatic carbocycles. The molecule has 2 aromatic heterocycles. The van der Waals surface area contributed by atoms with E-state index in [0.717, 1.165) is 21.6 Å². The molecule has 2 aromatic rings. The van der Waals surface area contributed by atoms with Gasteiger partial charge in [0, 0.05) is 12.1 Å². The Bertz CT molecular complexity index is 546. The molecule has 90 valence electrons. The van der Waals surface area contributed by atoms with Crippen LogP contribution in [0.15, 0.2) is 22.9 Å². The maximum atomic E-state index is 6.00. The van der Waals surface area contributed by atoms with Crippen molar-refractivity contribution in [2.45, 2.75) is 18.8 Å². The summed E-state index contributed by atoms with van der Waals surface area (Å²) < 4.78 is 3.00. The van der Waals surface area contributed by atoms with Crippen molar-refractivity contribution in [3.63, 3.8) is 0 Å². The summed E-state index contributed by atoms with van der Waals surface area (Å²) in [6.07, 6.45) is 4.48. The number of nitrogens with two attached hydrogens (primary N) is 1. The van der Waals surface area contributed by atoms with Gasteiger partial charge in [0.2, 0.25) is 0 Å². The van der Waals surface area contributed by atoms with E-state index < -0.39 is 0 Å². The average molecular weight is 312 g/mol. The van der Waals surface area contributed by atoms with Gasteiger partial charge in [0.1, 0.15) is 15.9 Å². The Hall–Kier alpha value is -0.680. The third-order valence-electron chi connectivity index (χ3n) is 3.27. The fourth-order valence-electron chi connectivity index (χ4n) is 2.39. The van der Waals surface area contributed by atoms with E-state index in [1.807, 2.05) is 23.9 Å². The number of thioether (sulfide) groups is 1. The summed E-state index contributed by atoms with van der Waals surface area (Å²) in [7, 11) is 0. The monoisotopic (exact) mass is 311 g/mol. The van der Waals surface area contributed by atoms with Crippen molar-refractivity contribution in [3.8, 4) is 0 Å². The molecule has 5 heteroatoms. The minimum Gasteiger partial charge on any atom is -0.397 e. The minimum absolute atomic E-state index is 0.567. The lowest BCUT2D eigenvalue weighted by Crippen LogP contribution is -2.11. The average Bonchev–Trinajstić information content (AvgIpc) is 2.69. The molecule has 0 unspecified atom stereocenters. The highest BCUT2D eigenvalue weighted by Crippen LogP contribution is 2.34. The molecule has 1 saturated heterocycles. The standard InChI is InChI=1S/C12H14BrN3S/c13-11-10-9(14)2-1-5-16(10)12(15-11)8-3-6-17-7-4-8/h1-2,5,8H,3-4,6-7,14H2. The quantitative estimate of drug-likeness (QED) is 0.879. The smallest absolute Gasteiger partial charge is 0.134 e. The Kier molecular flexibility index (Phi) is 3.04. The van der Waals surface area contributed by atoms with Gasteiger partial charge in [0.15, 0.2) is 0 Å². The molecule has 0 radical (unpaired) electrons. The molecule has 0 saturated carbocycles. The molecule has 17 heavy (non-hydrogen) atoms. The van der Waals surface area contributed by atoms with E-state index in [2.05, 4.69) is 31.5 Å². The Labute approximate surface area is 113 Å². The minimum atomic E-state index is 0.567. The van der Waals surface area contributed by atoms with Crippen molar-refractivity contribution >= 4 is 38.9 Å². The molecule has 0 bridgehead atoms. The van der Waals surface area contributed by atoms with Crippen molar-refractivity contribution < 1.29 is 0 Å². The van der Waals surface area contributed by atoms with Crippen LogP contribution in [0.2, 0.25) is 0 Å². The molecule has 0 amide bonds. The second kappa shape index (κ2) is 4.53. The number of aromatic nitrogens is 2. The number of fused-ring (bicyclic) bond motifs is 1. The summed E-state index contributed by atoms with van der Waals surface area (Å²) in [6, 6.07) is 3.90. The molecule has 0 atom stereocenters. The largest absolute Gasteiger partial charge is 0.397 e. The molecule has 3 heterocycles. The number of nitrogen functional groups attached to an aromatic ring is 1. The highest BCUT2D eigenvalue weighted by Gasteiger charge is 2.22. The SMILES string of the molecule is Nc1cccn2c(C3CCSCC3)nc(Br)c12. The molecule has 3 nitrogen and oxygen atoms in total. The maximum absolute atomic E-state index is 6.00. The first-order valence-corrected chi connectivity index (χ1v) is 7.72. The molecular formula is C12H14BrN3S. The zero-order valence-corrected chi connectivity index (χ0v) is 11.8. The Balaban J connectivity index is 2.13. The van der Waals surface area contributed by atoms with E-state index in [9.17, 15) is 0 Å². The first-order chi connectivity index (χ1) is 8.27. The summed E-state index contributed by atoms with van der Waals surface area (Å²) >= 11 is 5.55. The van der Waals surface area contributed by atoms with Crippen LogP contribution in [-0.4, -0.2) is 20.9 Å². The van der Waals surface area contributed by atoms with Crippen LogP contribution in [0.5, 0.6) is 0 Å². The second-order valence-electron chi connectivity index (χ2n) is 4.33. The number of rotatable bonds is 1. The van der Waals surface area contributed by atoms with Gasteiger partial charge in [-0.3, -0.25) is 0 Å². The lowest BCUT2D eigenvalue weighted by molar-refractivity contribution is 0.595. The number of halogens is 1. The molecule has 3 rings (SSSR count). The van der Waals surface area contributed by atoms with Crippen LogP contribution in [0, 0.1) is 0 Å². The normalized spacial score (nSPS) is 17.7. The highest BCUT2D eigenvalue weighted by molar-refractivity contribution is 9.10. The van der Waals surface area contributed by atoms with Gasteiger partial charge in [0.25, 0.3) is 0 Å². The van der Waals surface area contributed by atoms with E-state index in [0.29, 0.717) is 5.92 Å². The molecule has 1 aliphatic heterocycles. The Morgan fingerprint density at radius 2 is 2.18 bits per heavy atom. The zero-order chi connectivity index (χ0) is 11.8. The molecular weight excluding hydrogens is 298 g/mol. The number of pyridine rings is 1. The Morgan fingerprint density at radius 1 is 1.41 bits per heavy atom. The van der Waals surface area contributed by atoms with Crippen LogP contribution >= 0.6 is 27.7 Å². The van der Waals surface area contributed by atoms with Gasteiger partial charge in [-0.1, -0.05) is 0 Å². The van der Waals surface area contributed by atoms with Crippen molar-refractivity contribution in [1.29, 1.82) is 0 Å². The topological polar surface area (TPSA) is 43.3 Å². The zero-order valence-electron chi connectivity index (χ0n) is 9.40. The second-order valence-corrected chi connectivity index (χ2v) is 6.31. The van der Waals surface area contributed by atoms with Gasteiger partial charge in [-0.25, -0.2) is 4.98 Å². The van der Waals surface area contributed by atoms with Gasteiger partial charge in [-0.05, 0) is 52.4 Å². The van der Waals surface area contributed by atoms with Gasteiger partial charge in [-0.2, -0.15) is 11.8 Å². The van der Waals surface area contributed by atoms with Crippen molar-refractivity contribution in [1.82, 2.24) is 9.38 Å². The first kappa shape index (κ1) is 11.4. The number of nitrogens with zero attached hydrogens (tertiary/aromatic N) is 2. The van der Waals surface area contributed by atoms with Crippen molar-refractivity contribution in [2.24, 2.45) is 0 Å². The van der Waals surface area contributed by atoms with Crippen molar-refractivity contribution in [3.05, 3.63) is 28.8 Å². The van der Waals surface area contributed by atoms with Crippen LogP contribution < -0.4 is 5.73 Å². The van der Waals surface area contributed by atoms with Crippen LogP contribution in [0.3, 0.4) is 0 Å². The van der Waals surface area contributed by atoms with E-state index in [1.165, 1.54) is 24.3 Å². The number of anilines is 1. The summed E-state index contributed by atoms with van der Waals surface area (Å²) in [6.45, 7) is 0. The summed E-state index contributed by atoms with van der Waals surface area (Å²) in [4.78, 5) is 4.66. The van der Waals surface area contributed by atoms with Gasteiger partial charge < -0.3 is 10.1 Å². The van der Waals surface area contributed by atoms with Crippen LogP contribution in [0.1, 0.15) is 24.6 Å². The predicted octanol–water partition coefficient (Wildman–Crippen LogP) is 3.29. The molecule has 0 aromatic carbocycles. The molecule has 2 N–H and O–H groups in total. The number of hydrogen-bond acceptors (Lipinski definition) is 3. The van der Waals surface area contributed by atoms with Crippen LogP contribution in [-0.2, 0) is 0 Å². The fourth-order valence-corrected chi connectivity index (χ4v) is 4.09. The van der Waals surface area contributed by atoms with E-state index in [1.54, 1.807) is 0 Å². The first-order valence-electron chi connectivity index (χ1n) is 5.77. The maximum Gasteiger partial charge on any atom is 0.134 e. The number of hydrogen-bond donors (Lipinski definition) is 1. The summed E-state index contributed by atoms with van der Waals surface area (Å²) in [5, 5.41) is 0. The summed E-state index contributed by atoms with van der Waals surface area (Å²) in [5.41, 5.74) is 7.79. The molecule has 1 aliphatic rings. The van der Waals surface area contributed by atoms with Crippen LogP contribution in [0.4, 0.5) is 5.69 Å². The lowest BCUT2D eigenvalue weighted by Gasteiger charge is -2.20. The molecule has 1 fully saturated rings. The van der Waals surface area contributed by atoms with E-state index >= 15 is 0 Å². The van der Waals surface area contributed by atoms with E-state index in [4.69, 9.17) is 5.73 Å². The number of imidazole rings is 1. The van der Waals surface area contributed by atoms with Gasteiger partial charge in [-0.15, -0.1) is 0 Å². The van der Waals surface area contributed by atoms with Crippen molar-refractivity contribution in [2.75, 3.05) is 17.2 Å². The third-order valence-corrected chi connectivity index (χ3v) is 4.87. The van der Waals surface area contributed by atoms with Gasteiger partial charge >= 0.3 is 0 Å². The van der Waals surface area contributed by atoms with Gasteiger partial charge in [0.05, 0.1) is 5.69 Å². The third kappa shape index (κ3) is 1.95. The Morgan fingerprint density at radius 3 is 2.94 bits per heavy atom. The summed E-state index contributed by atoms with van der Waals surface area (Å²) in [5.74, 6) is 4.19.